The summed E-state index contributed by atoms with van der Waals surface area (Å²) in [7, 11) is 1.95. The van der Waals surface area contributed by atoms with Crippen LogP contribution >= 0.6 is 0 Å². The number of carbonyl (C=O) groups excluding carboxylic acids is 1. The first-order chi connectivity index (χ1) is 12.0. The summed E-state index contributed by atoms with van der Waals surface area (Å²) >= 11 is 0. The monoisotopic (exact) mass is 332 g/mol. The Morgan fingerprint density at radius 3 is 2.72 bits per heavy atom. The third-order valence-electron chi connectivity index (χ3n) is 4.43. The SMILES string of the molecule is Cc1ccc2c(N)c(C(N)=O)nnc2c1-c1ccc2ncn(C)c2c1. The van der Waals surface area contributed by atoms with Crippen molar-refractivity contribution >= 4 is 33.5 Å². The number of carbonyl (C=O) groups is 1. The van der Waals surface area contributed by atoms with Crippen molar-refractivity contribution in [3.8, 4) is 11.1 Å². The van der Waals surface area contributed by atoms with Gasteiger partial charge < -0.3 is 16.0 Å². The van der Waals surface area contributed by atoms with E-state index < -0.39 is 5.91 Å². The number of anilines is 1. The van der Waals surface area contributed by atoms with Crippen LogP contribution in [-0.2, 0) is 7.05 Å². The fourth-order valence-electron chi connectivity index (χ4n) is 3.12. The second-order valence-corrected chi connectivity index (χ2v) is 6.04. The fraction of sp³-hybridized carbons (Fsp3) is 0.111. The minimum atomic E-state index is -0.690. The average Bonchev–Trinajstić information content (AvgIpc) is 2.95. The van der Waals surface area contributed by atoms with Crippen molar-refractivity contribution in [2.75, 3.05) is 5.73 Å². The van der Waals surface area contributed by atoms with Crippen molar-refractivity contribution in [3.05, 3.63) is 47.9 Å². The first-order valence-corrected chi connectivity index (χ1v) is 7.74. The zero-order valence-corrected chi connectivity index (χ0v) is 13.8. The molecule has 0 saturated carbocycles. The second-order valence-electron chi connectivity index (χ2n) is 6.04. The Bertz CT molecular complexity index is 1160. The van der Waals surface area contributed by atoms with Crippen molar-refractivity contribution < 1.29 is 4.79 Å². The molecule has 124 valence electrons. The van der Waals surface area contributed by atoms with Gasteiger partial charge in [-0.25, -0.2) is 4.98 Å². The lowest BCUT2D eigenvalue weighted by atomic mass is 9.96. The Morgan fingerprint density at radius 1 is 1.16 bits per heavy atom. The molecule has 4 N–H and O–H groups in total. The van der Waals surface area contributed by atoms with Crippen LogP contribution in [0.5, 0.6) is 0 Å². The summed E-state index contributed by atoms with van der Waals surface area (Å²) in [4.78, 5) is 15.8. The topological polar surface area (TPSA) is 113 Å². The van der Waals surface area contributed by atoms with E-state index in [2.05, 4.69) is 21.2 Å². The number of primary amides is 1. The van der Waals surface area contributed by atoms with E-state index in [1.54, 1.807) is 6.33 Å². The summed E-state index contributed by atoms with van der Waals surface area (Å²) in [6.45, 7) is 2.00. The molecule has 2 aromatic heterocycles. The molecule has 0 atom stereocenters. The van der Waals surface area contributed by atoms with Gasteiger partial charge in [-0.15, -0.1) is 10.2 Å². The van der Waals surface area contributed by atoms with Crippen molar-refractivity contribution in [1.29, 1.82) is 0 Å². The lowest BCUT2D eigenvalue weighted by Crippen LogP contribution is -2.16. The largest absolute Gasteiger partial charge is 0.396 e. The van der Waals surface area contributed by atoms with Gasteiger partial charge in [-0.05, 0) is 30.2 Å². The minimum Gasteiger partial charge on any atom is -0.396 e. The quantitative estimate of drug-likeness (QED) is 0.584. The van der Waals surface area contributed by atoms with E-state index in [0.29, 0.717) is 10.9 Å². The number of hydrogen-bond acceptors (Lipinski definition) is 5. The standard InChI is InChI=1S/C18H16N6O/c1-9-3-5-11-15(19)17(18(20)25)23-22-16(11)14(9)10-4-6-12-13(7-10)24(2)8-21-12/h3-8H,1-2H3,(H2,19,22)(H2,20,25). The number of aryl methyl sites for hydroxylation is 2. The van der Waals surface area contributed by atoms with Gasteiger partial charge in [0.15, 0.2) is 5.69 Å². The van der Waals surface area contributed by atoms with Crippen LogP contribution in [0.2, 0.25) is 0 Å². The molecule has 0 aliphatic rings. The smallest absolute Gasteiger partial charge is 0.271 e. The third-order valence-corrected chi connectivity index (χ3v) is 4.43. The number of nitrogens with zero attached hydrogens (tertiary/aromatic N) is 4. The van der Waals surface area contributed by atoms with Crippen LogP contribution in [-0.4, -0.2) is 25.7 Å². The molecule has 0 saturated heterocycles. The van der Waals surface area contributed by atoms with Gasteiger partial charge in [0.2, 0.25) is 0 Å². The van der Waals surface area contributed by atoms with Gasteiger partial charge in [0.05, 0.1) is 23.0 Å². The van der Waals surface area contributed by atoms with E-state index >= 15 is 0 Å². The first kappa shape index (κ1) is 15.1. The van der Waals surface area contributed by atoms with Crippen LogP contribution in [0.25, 0.3) is 33.1 Å². The molecule has 0 unspecified atom stereocenters. The number of nitrogens with two attached hydrogens (primary N) is 2. The maximum Gasteiger partial charge on any atom is 0.271 e. The number of benzene rings is 2. The molecule has 0 spiro atoms. The Labute approximate surface area is 143 Å². The predicted molar refractivity (Wildman–Crippen MR) is 96.9 cm³/mol. The maximum atomic E-state index is 11.5. The number of fused-ring (bicyclic) bond motifs is 2. The Balaban J connectivity index is 2.05. The Kier molecular flexibility index (Phi) is 3.18. The Morgan fingerprint density at radius 2 is 1.96 bits per heavy atom. The van der Waals surface area contributed by atoms with Gasteiger partial charge in [-0.3, -0.25) is 4.79 Å². The highest BCUT2D eigenvalue weighted by atomic mass is 16.1. The molecule has 25 heavy (non-hydrogen) atoms. The van der Waals surface area contributed by atoms with Crippen LogP contribution in [0.1, 0.15) is 16.1 Å². The number of aromatic nitrogens is 4. The van der Waals surface area contributed by atoms with E-state index in [4.69, 9.17) is 11.5 Å². The molecule has 0 fully saturated rings. The zero-order chi connectivity index (χ0) is 17.7. The third kappa shape index (κ3) is 2.20. The van der Waals surface area contributed by atoms with E-state index in [-0.39, 0.29) is 11.4 Å². The summed E-state index contributed by atoms with van der Waals surface area (Å²) in [6.07, 6.45) is 1.78. The molecule has 0 bridgehead atoms. The molecule has 7 nitrogen and oxygen atoms in total. The molecule has 1 amide bonds. The average molecular weight is 332 g/mol. The lowest BCUT2D eigenvalue weighted by molar-refractivity contribution is 0.0996. The number of rotatable bonds is 2. The minimum absolute atomic E-state index is 0.00982. The van der Waals surface area contributed by atoms with E-state index in [0.717, 1.165) is 27.7 Å². The van der Waals surface area contributed by atoms with Crippen LogP contribution in [0.3, 0.4) is 0 Å². The molecule has 4 aromatic rings. The van der Waals surface area contributed by atoms with Gasteiger partial charge in [0.1, 0.15) is 5.52 Å². The second kappa shape index (κ2) is 5.27. The van der Waals surface area contributed by atoms with Gasteiger partial charge in [0, 0.05) is 18.0 Å². The molecule has 2 aromatic carbocycles. The Hall–Kier alpha value is -3.48. The number of amides is 1. The number of nitrogen functional groups attached to an aromatic ring is 1. The molecule has 0 aliphatic carbocycles. The van der Waals surface area contributed by atoms with Gasteiger partial charge in [-0.1, -0.05) is 18.2 Å². The summed E-state index contributed by atoms with van der Waals surface area (Å²) in [5, 5.41) is 8.83. The van der Waals surface area contributed by atoms with Crippen LogP contribution < -0.4 is 11.5 Å². The maximum absolute atomic E-state index is 11.5. The van der Waals surface area contributed by atoms with Gasteiger partial charge in [-0.2, -0.15) is 0 Å². The molecule has 4 rings (SSSR count). The number of imidazole rings is 1. The van der Waals surface area contributed by atoms with E-state index in [9.17, 15) is 4.79 Å². The molecule has 2 heterocycles. The van der Waals surface area contributed by atoms with Crippen molar-refractivity contribution in [1.82, 2.24) is 19.7 Å². The summed E-state index contributed by atoms with van der Waals surface area (Å²) < 4.78 is 1.96. The van der Waals surface area contributed by atoms with Crippen LogP contribution in [0.15, 0.2) is 36.7 Å². The normalized spacial score (nSPS) is 11.3. The van der Waals surface area contributed by atoms with Crippen LogP contribution in [0, 0.1) is 6.92 Å². The highest BCUT2D eigenvalue weighted by Gasteiger charge is 2.17. The van der Waals surface area contributed by atoms with Crippen molar-refractivity contribution in [3.63, 3.8) is 0 Å². The summed E-state index contributed by atoms with van der Waals surface area (Å²) in [5.74, 6) is -0.690. The summed E-state index contributed by atoms with van der Waals surface area (Å²) in [6, 6.07) is 9.82. The molecule has 0 aliphatic heterocycles. The fourth-order valence-corrected chi connectivity index (χ4v) is 3.12. The van der Waals surface area contributed by atoms with Gasteiger partial charge >= 0.3 is 0 Å². The molecule has 0 radical (unpaired) electrons. The summed E-state index contributed by atoms with van der Waals surface area (Å²) in [5.41, 5.74) is 17.2. The van der Waals surface area contributed by atoms with Crippen molar-refractivity contribution in [2.45, 2.75) is 6.92 Å². The molecular formula is C18H16N6O. The van der Waals surface area contributed by atoms with Crippen molar-refractivity contribution in [2.24, 2.45) is 12.8 Å². The predicted octanol–water partition coefficient (Wildman–Crippen LogP) is 2.17. The highest BCUT2D eigenvalue weighted by Crippen LogP contribution is 2.34. The zero-order valence-electron chi connectivity index (χ0n) is 13.8. The lowest BCUT2D eigenvalue weighted by Gasteiger charge is -2.12. The van der Waals surface area contributed by atoms with E-state index in [1.165, 1.54) is 0 Å². The highest BCUT2D eigenvalue weighted by molar-refractivity contribution is 6.08. The first-order valence-electron chi connectivity index (χ1n) is 7.74. The molecule has 7 heteroatoms. The van der Waals surface area contributed by atoms with Gasteiger partial charge in [0.25, 0.3) is 5.91 Å². The van der Waals surface area contributed by atoms with Crippen LogP contribution in [0.4, 0.5) is 5.69 Å². The van der Waals surface area contributed by atoms with E-state index in [1.807, 2.05) is 42.8 Å². The molecular weight excluding hydrogens is 316 g/mol. The number of hydrogen-bond donors (Lipinski definition) is 2.